The summed E-state index contributed by atoms with van der Waals surface area (Å²) in [7, 11) is 0. The average Bonchev–Trinajstić information content (AvgIpc) is 2.90. The van der Waals surface area contributed by atoms with Gasteiger partial charge in [0.25, 0.3) is 5.91 Å². The first-order valence-electron chi connectivity index (χ1n) is 7.36. The standard InChI is InChI=1S/C16H24N2O2/c1-13-8-11-20-15(13)16(19)18(10-5-9-17)12-14-6-3-2-4-7-14/h2-4,6-7,13,15H,5,8-12,17H2,1H3. The predicted octanol–water partition coefficient (Wildman–Crippen LogP) is 1.79. The van der Waals surface area contributed by atoms with Crippen molar-refractivity contribution in [1.29, 1.82) is 0 Å². The summed E-state index contributed by atoms with van der Waals surface area (Å²) in [4.78, 5) is 14.5. The van der Waals surface area contributed by atoms with Crippen LogP contribution in [0.5, 0.6) is 0 Å². The van der Waals surface area contributed by atoms with E-state index in [1.165, 1.54) is 0 Å². The molecule has 1 aromatic carbocycles. The molecular formula is C16H24N2O2. The predicted molar refractivity (Wildman–Crippen MR) is 79.1 cm³/mol. The fraction of sp³-hybridized carbons (Fsp3) is 0.562. The molecule has 1 saturated heterocycles. The zero-order chi connectivity index (χ0) is 14.4. The van der Waals surface area contributed by atoms with E-state index in [4.69, 9.17) is 10.5 Å². The molecule has 0 saturated carbocycles. The lowest BCUT2D eigenvalue weighted by atomic mass is 10.0. The lowest BCUT2D eigenvalue weighted by Crippen LogP contribution is -2.41. The summed E-state index contributed by atoms with van der Waals surface area (Å²) in [6.07, 6.45) is 1.50. The minimum Gasteiger partial charge on any atom is -0.368 e. The molecule has 0 aliphatic carbocycles. The monoisotopic (exact) mass is 276 g/mol. The van der Waals surface area contributed by atoms with Gasteiger partial charge in [-0.3, -0.25) is 4.79 Å². The highest BCUT2D eigenvalue weighted by Crippen LogP contribution is 2.22. The van der Waals surface area contributed by atoms with Crippen LogP contribution in [0.4, 0.5) is 0 Å². The average molecular weight is 276 g/mol. The number of carbonyl (C=O) groups excluding carboxylic acids is 1. The van der Waals surface area contributed by atoms with Gasteiger partial charge in [0.05, 0.1) is 0 Å². The van der Waals surface area contributed by atoms with Gasteiger partial charge in [-0.1, -0.05) is 37.3 Å². The first-order chi connectivity index (χ1) is 9.72. The number of nitrogens with zero attached hydrogens (tertiary/aromatic N) is 1. The minimum atomic E-state index is -0.281. The second-order valence-corrected chi connectivity index (χ2v) is 5.44. The zero-order valence-corrected chi connectivity index (χ0v) is 12.1. The quantitative estimate of drug-likeness (QED) is 0.862. The summed E-state index contributed by atoms with van der Waals surface area (Å²) in [5, 5.41) is 0. The molecule has 20 heavy (non-hydrogen) atoms. The van der Waals surface area contributed by atoms with Crippen molar-refractivity contribution < 1.29 is 9.53 Å². The third kappa shape index (κ3) is 3.81. The number of hydrogen-bond donors (Lipinski definition) is 1. The molecule has 110 valence electrons. The van der Waals surface area contributed by atoms with E-state index in [-0.39, 0.29) is 12.0 Å². The Hall–Kier alpha value is -1.39. The van der Waals surface area contributed by atoms with Crippen LogP contribution in [0.15, 0.2) is 30.3 Å². The fourth-order valence-corrected chi connectivity index (χ4v) is 2.54. The van der Waals surface area contributed by atoms with E-state index in [1.54, 1.807) is 0 Å². The highest BCUT2D eigenvalue weighted by atomic mass is 16.5. The van der Waals surface area contributed by atoms with E-state index < -0.39 is 0 Å². The van der Waals surface area contributed by atoms with Crippen LogP contribution >= 0.6 is 0 Å². The summed E-state index contributed by atoms with van der Waals surface area (Å²) in [6.45, 7) is 4.69. The third-order valence-corrected chi connectivity index (χ3v) is 3.79. The Labute approximate surface area is 120 Å². The molecule has 1 heterocycles. The number of rotatable bonds is 6. The van der Waals surface area contributed by atoms with Gasteiger partial charge in [0, 0.05) is 19.7 Å². The highest BCUT2D eigenvalue weighted by Gasteiger charge is 2.33. The first-order valence-corrected chi connectivity index (χ1v) is 7.36. The second kappa shape index (κ2) is 7.41. The van der Waals surface area contributed by atoms with Crippen LogP contribution in [0.2, 0.25) is 0 Å². The Balaban J connectivity index is 2.04. The smallest absolute Gasteiger partial charge is 0.252 e. The normalized spacial score (nSPS) is 21.9. The maximum atomic E-state index is 12.6. The lowest BCUT2D eigenvalue weighted by molar-refractivity contribution is -0.143. The summed E-state index contributed by atoms with van der Waals surface area (Å²) < 4.78 is 5.60. The largest absolute Gasteiger partial charge is 0.368 e. The number of ether oxygens (including phenoxy) is 1. The van der Waals surface area contributed by atoms with Crippen LogP contribution in [0.25, 0.3) is 0 Å². The number of amides is 1. The van der Waals surface area contributed by atoms with Gasteiger partial charge >= 0.3 is 0 Å². The van der Waals surface area contributed by atoms with Crippen molar-refractivity contribution in [2.24, 2.45) is 11.7 Å². The van der Waals surface area contributed by atoms with Crippen LogP contribution < -0.4 is 5.73 Å². The van der Waals surface area contributed by atoms with Crippen LogP contribution in [0.1, 0.15) is 25.3 Å². The van der Waals surface area contributed by atoms with E-state index in [1.807, 2.05) is 35.2 Å². The van der Waals surface area contributed by atoms with Crippen molar-refractivity contribution >= 4 is 5.91 Å². The summed E-state index contributed by atoms with van der Waals surface area (Å²) >= 11 is 0. The Morgan fingerprint density at radius 3 is 2.75 bits per heavy atom. The summed E-state index contributed by atoms with van der Waals surface area (Å²) in [5.41, 5.74) is 6.72. The van der Waals surface area contributed by atoms with Crippen LogP contribution in [-0.2, 0) is 16.1 Å². The van der Waals surface area contributed by atoms with Gasteiger partial charge in [-0.05, 0) is 30.9 Å². The van der Waals surface area contributed by atoms with Crippen LogP contribution in [-0.4, -0.2) is 36.6 Å². The fourth-order valence-electron chi connectivity index (χ4n) is 2.54. The minimum absolute atomic E-state index is 0.104. The van der Waals surface area contributed by atoms with E-state index in [0.29, 0.717) is 32.2 Å². The SMILES string of the molecule is CC1CCOC1C(=O)N(CCCN)Cc1ccccc1. The van der Waals surface area contributed by atoms with Crippen molar-refractivity contribution in [2.45, 2.75) is 32.4 Å². The molecule has 2 rings (SSSR count). The third-order valence-electron chi connectivity index (χ3n) is 3.79. The number of benzene rings is 1. The maximum absolute atomic E-state index is 12.6. The van der Waals surface area contributed by atoms with E-state index in [9.17, 15) is 4.79 Å². The van der Waals surface area contributed by atoms with Gasteiger partial charge in [-0.2, -0.15) is 0 Å². The molecule has 0 bridgehead atoms. The van der Waals surface area contributed by atoms with E-state index in [2.05, 4.69) is 6.92 Å². The molecule has 1 amide bonds. The number of hydrogen-bond acceptors (Lipinski definition) is 3. The molecule has 0 spiro atoms. The number of carbonyl (C=O) groups is 1. The van der Waals surface area contributed by atoms with Gasteiger partial charge in [-0.25, -0.2) is 0 Å². The topological polar surface area (TPSA) is 55.6 Å². The Morgan fingerprint density at radius 2 is 2.15 bits per heavy atom. The molecule has 2 N–H and O–H groups in total. The van der Waals surface area contributed by atoms with Crippen molar-refractivity contribution in [3.05, 3.63) is 35.9 Å². The maximum Gasteiger partial charge on any atom is 0.252 e. The van der Waals surface area contributed by atoms with Crippen molar-refractivity contribution in [3.8, 4) is 0 Å². The summed E-state index contributed by atoms with van der Waals surface area (Å²) in [6, 6.07) is 10.1. The lowest BCUT2D eigenvalue weighted by Gasteiger charge is -2.27. The molecule has 1 aliphatic rings. The molecule has 1 fully saturated rings. The van der Waals surface area contributed by atoms with Crippen molar-refractivity contribution in [2.75, 3.05) is 19.7 Å². The molecule has 2 unspecified atom stereocenters. The molecular weight excluding hydrogens is 252 g/mol. The van der Waals surface area contributed by atoms with Crippen LogP contribution in [0, 0.1) is 5.92 Å². The van der Waals surface area contributed by atoms with Gasteiger partial charge in [0.2, 0.25) is 0 Å². The van der Waals surface area contributed by atoms with Crippen LogP contribution in [0.3, 0.4) is 0 Å². The Kier molecular flexibility index (Phi) is 5.56. The van der Waals surface area contributed by atoms with Gasteiger partial charge in [0.15, 0.2) is 0 Å². The molecule has 0 aromatic heterocycles. The zero-order valence-electron chi connectivity index (χ0n) is 12.1. The van der Waals surface area contributed by atoms with E-state index >= 15 is 0 Å². The van der Waals surface area contributed by atoms with Gasteiger partial charge in [-0.15, -0.1) is 0 Å². The molecule has 4 nitrogen and oxygen atoms in total. The molecule has 1 aromatic rings. The van der Waals surface area contributed by atoms with Crippen molar-refractivity contribution in [3.63, 3.8) is 0 Å². The molecule has 4 heteroatoms. The highest BCUT2D eigenvalue weighted by molar-refractivity contribution is 5.81. The molecule has 0 radical (unpaired) electrons. The first kappa shape index (κ1) is 15.0. The van der Waals surface area contributed by atoms with Gasteiger partial charge in [0.1, 0.15) is 6.10 Å². The van der Waals surface area contributed by atoms with E-state index in [0.717, 1.165) is 18.4 Å². The van der Waals surface area contributed by atoms with Gasteiger partial charge < -0.3 is 15.4 Å². The Morgan fingerprint density at radius 1 is 1.40 bits per heavy atom. The second-order valence-electron chi connectivity index (χ2n) is 5.44. The summed E-state index contributed by atoms with van der Waals surface area (Å²) in [5.74, 6) is 0.408. The Bertz CT molecular complexity index is 422. The van der Waals surface area contributed by atoms with Crippen molar-refractivity contribution in [1.82, 2.24) is 4.90 Å². The number of nitrogens with two attached hydrogens (primary N) is 1. The molecule has 1 aliphatic heterocycles. The molecule has 2 atom stereocenters.